The fourth-order valence-corrected chi connectivity index (χ4v) is 3.38. The van der Waals surface area contributed by atoms with Crippen molar-refractivity contribution in [3.63, 3.8) is 0 Å². The highest BCUT2D eigenvalue weighted by molar-refractivity contribution is 7.99. The molecule has 0 saturated carbocycles. The zero-order chi connectivity index (χ0) is 22.1. The number of rotatable bonds is 10. The number of esters is 1. The second-order valence-corrected chi connectivity index (χ2v) is 7.53. The van der Waals surface area contributed by atoms with Crippen molar-refractivity contribution in [2.24, 2.45) is 0 Å². The van der Waals surface area contributed by atoms with Crippen LogP contribution in [0.5, 0.6) is 5.75 Å². The van der Waals surface area contributed by atoms with Gasteiger partial charge in [-0.2, -0.15) is 0 Å². The highest BCUT2D eigenvalue weighted by Gasteiger charge is 2.12. The Morgan fingerprint density at radius 2 is 1.84 bits per heavy atom. The highest BCUT2D eigenvalue weighted by atomic mass is 32.2. The number of anilines is 1. The van der Waals surface area contributed by atoms with E-state index in [0.29, 0.717) is 23.0 Å². The molecule has 0 atom stereocenters. The second kappa shape index (κ2) is 11.2. The predicted octanol–water partition coefficient (Wildman–Crippen LogP) is 3.96. The summed E-state index contributed by atoms with van der Waals surface area (Å²) in [7, 11) is 1.61. The lowest BCUT2D eigenvalue weighted by molar-refractivity contribution is -0.113. The van der Waals surface area contributed by atoms with Crippen molar-refractivity contribution >= 4 is 29.3 Å². The van der Waals surface area contributed by atoms with E-state index < -0.39 is 0 Å². The maximum Gasteiger partial charge on any atom is 0.338 e. The first-order chi connectivity index (χ1) is 15.1. The number of unbranched alkanes of at least 4 members (excludes halogenated alkanes) is 1. The maximum absolute atomic E-state index is 12.3. The van der Waals surface area contributed by atoms with E-state index in [4.69, 9.17) is 9.47 Å². The number of carbonyl (C=O) groups excluding carboxylic acids is 2. The molecule has 162 valence electrons. The van der Waals surface area contributed by atoms with E-state index in [1.165, 1.54) is 11.8 Å². The number of benzene rings is 2. The summed E-state index contributed by atoms with van der Waals surface area (Å²) in [5, 5.41) is 11.4. The lowest BCUT2D eigenvalue weighted by atomic mass is 10.2. The van der Waals surface area contributed by atoms with E-state index in [-0.39, 0.29) is 17.6 Å². The van der Waals surface area contributed by atoms with Crippen LogP contribution in [0.1, 0.15) is 30.1 Å². The van der Waals surface area contributed by atoms with Crippen molar-refractivity contribution < 1.29 is 19.1 Å². The number of amides is 1. The average Bonchev–Trinajstić information content (AvgIpc) is 3.27. The van der Waals surface area contributed by atoms with Gasteiger partial charge >= 0.3 is 5.97 Å². The molecule has 0 radical (unpaired) electrons. The molecule has 0 spiro atoms. The van der Waals surface area contributed by atoms with Gasteiger partial charge in [0.2, 0.25) is 5.91 Å². The number of methoxy groups -OCH3 is 1. The summed E-state index contributed by atoms with van der Waals surface area (Å²) >= 11 is 1.28. The van der Waals surface area contributed by atoms with Crippen LogP contribution in [0.3, 0.4) is 0 Å². The minimum absolute atomic E-state index is 0.162. The molecule has 1 aromatic heterocycles. The van der Waals surface area contributed by atoms with Gasteiger partial charge in [-0.15, -0.1) is 10.2 Å². The molecule has 1 heterocycles. The topological polar surface area (TPSA) is 95.3 Å². The molecule has 2 aromatic carbocycles. The van der Waals surface area contributed by atoms with Crippen molar-refractivity contribution in [3.8, 4) is 11.4 Å². The number of nitrogens with one attached hydrogen (secondary N) is 1. The monoisotopic (exact) mass is 440 g/mol. The first kappa shape index (κ1) is 22.4. The van der Waals surface area contributed by atoms with Crippen LogP contribution in [0.2, 0.25) is 0 Å². The summed E-state index contributed by atoms with van der Waals surface area (Å²) in [5.74, 6) is 0.369. The van der Waals surface area contributed by atoms with Crippen LogP contribution >= 0.6 is 11.8 Å². The van der Waals surface area contributed by atoms with Gasteiger partial charge in [0.05, 0.1) is 25.0 Å². The highest BCUT2D eigenvalue weighted by Crippen LogP contribution is 2.22. The number of carbonyl (C=O) groups is 2. The van der Waals surface area contributed by atoms with E-state index in [2.05, 4.69) is 15.5 Å². The van der Waals surface area contributed by atoms with Gasteiger partial charge < -0.3 is 14.8 Å². The predicted molar refractivity (Wildman–Crippen MR) is 119 cm³/mol. The molecule has 0 aliphatic carbocycles. The smallest absolute Gasteiger partial charge is 0.338 e. The summed E-state index contributed by atoms with van der Waals surface area (Å²) in [5.41, 5.74) is 1.93. The van der Waals surface area contributed by atoms with Crippen LogP contribution in [-0.4, -0.2) is 46.1 Å². The van der Waals surface area contributed by atoms with Gasteiger partial charge in [0.1, 0.15) is 12.1 Å². The number of ether oxygens (including phenoxy) is 2. The van der Waals surface area contributed by atoms with Crippen LogP contribution in [0.15, 0.2) is 60.0 Å². The van der Waals surface area contributed by atoms with Gasteiger partial charge in [-0.05, 0) is 55.0 Å². The largest absolute Gasteiger partial charge is 0.497 e. The van der Waals surface area contributed by atoms with E-state index in [9.17, 15) is 9.59 Å². The zero-order valence-corrected chi connectivity index (χ0v) is 18.2. The van der Waals surface area contributed by atoms with E-state index in [1.807, 2.05) is 31.2 Å². The normalized spacial score (nSPS) is 10.5. The van der Waals surface area contributed by atoms with Gasteiger partial charge in [0.25, 0.3) is 0 Å². The SMILES string of the molecule is CCCCOC(=O)c1ccc(NC(=O)CSc2nncn2-c2ccc(OC)cc2)cc1. The molecule has 31 heavy (non-hydrogen) atoms. The fraction of sp³-hybridized carbons (Fsp3) is 0.273. The average molecular weight is 441 g/mol. The van der Waals surface area contributed by atoms with Crippen LogP contribution in [-0.2, 0) is 9.53 Å². The third kappa shape index (κ3) is 6.32. The van der Waals surface area contributed by atoms with Crippen molar-refractivity contribution in [2.75, 3.05) is 24.8 Å². The van der Waals surface area contributed by atoms with Gasteiger partial charge in [0, 0.05) is 11.4 Å². The molecule has 0 fully saturated rings. The Balaban J connectivity index is 1.53. The Hall–Kier alpha value is -3.33. The summed E-state index contributed by atoms with van der Waals surface area (Å²) in [6.07, 6.45) is 3.40. The van der Waals surface area contributed by atoms with Gasteiger partial charge in [-0.3, -0.25) is 9.36 Å². The van der Waals surface area contributed by atoms with Crippen molar-refractivity contribution in [1.82, 2.24) is 14.8 Å². The van der Waals surface area contributed by atoms with E-state index in [0.717, 1.165) is 24.3 Å². The Morgan fingerprint density at radius 1 is 1.10 bits per heavy atom. The van der Waals surface area contributed by atoms with E-state index >= 15 is 0 Å². The van der Waals surface area contributed by atoms with Crippen molar-refractivity contribution in [3.05, 3.63) is 60.4 Å². The molecule has 3 aromatic rings. The summed E-state index contributed by atoms with van der Waals surface area (Å²) in [6, 6.07) is 14.1. The zero-order valence-electron chi connectivity index (χ0n) is 17.4. The van der Waals surface area contributed by atoms with E-state index in [1.54, 1.807) is 42.3 Å². The van der Waals surface area contributed by atoms with Gasteiger partial charge in [-0.25, -0.2) is 4.79 Å². The minimum atomic E-state index is -0.361. The first-order valence-corrected chi connectivity index (χ1v) is 10.8. The second-order valence-electron chi connectivity index (χ2n) is 6.59. The number of aromatic nitrogens is 3. The number of thioether (sulfide) groups is 1. The van der Waals surface area contributed by atoms with Crippen LogP contribution < -0.4 is 10.1 Å². The summed E-state index contributed by atoms with van der Waals surface area (Å²) < 4.78 is 12.2. The molecular formula is C22H24N4O4S. The Morgan fingerprint density at radius 3 is 2.52 bits per heavy atom. The first-order valence-electron chi connectivity index (χ1n) is 9.85. The van der Waals surface area contributed by atoms with Crippen molar-refractivity contribution in [2.45, 2.75) is 24.9 Å². The lowest BCUT2D eigenvalue weighted by Crippen LogP contribution is -2.14. The molecule has 0 aliphatic rings. The quantitative estimate of drug-likeness (QED) is 0.290. The Kier molecular flexibility index (Phi) is 8.05. The number of hydrogen-bond donors (Lipinski definition) is 1. The van der Waals surface area contributed by atoms with Crippen LogP contribution in [0.4, 0.5) is 5.69 Å². The van der Waals surface area contributed by atoms with Gasteiger partial charge in [0.15, 0.2) is 5.16 Å². The summed E-state index contributed by atoms with van der Waals surface area (Å²) in [4.78, 5) is 24.3. The third-order valence-corrected chi connectivity index (χ3v) is 5.28. The minimum Gasteiger partial charge on any atom is -0.497 e. The third-order valence-electron chi connectivity index (χ3n) is 4.33. The van der Waals surface area contributed by atoms with Crippen LogP contribution in [0, 0.1) is 0 Å². The molecular weight excluding hydrogens is 416 g/mol. The maximum atomic E-state index is 12.3. The van der Waals surface area contributed by atoms with Crippen molar-refractivity contribution in [1.29, 1.82) is 0 Å². The Bertz CT molecular complexity index is 1000. The summed E-state index contributed by atoms with van der Waals surface area (Å²) in [6.45, 7) is 2.44. The molecule has 1 N–H and O–H groups in total. The Labute approximate surface area is 185 Å². The molecule has 3 rings (SSSR count). The molecule has 0 saturated heterocycles. The molecule has 8 nitrogen and oxygen atoms in total. The number of hydrogen-bond acceptors (Lipinski definition) is 7. The standard InChI is InChI=1S/C22H24N4O4S/c1-3-4-13-30-21(28)16-5-7-17(8-6-16)24-20(27)14-31-22-25-23-15-26(22)18-9-11-19(29-2)12-10-18/h5-12,15H,3-4,13-14H2,1-2H3,(H,24,27). The lowest BCUT2D eigenvalue weighted by Gasteiger charge is -2.08. The van der Waals surface area contributed by atoms with Gasteiger partial charge in [-0.1, -0.05) is 25.1 Å². The van der Waals surface area contributed by atoms with Crippen LogP contribution in [0.25, 0.3) is 5.69 Å². The molecule has 1 amide bonds. The molecule has 9 heteroatoms. The number of nitrogens with zero attached hydrogens (tertiary/aromatic N) is 3. The molecule has 0 bridgehead atoms. The molecule has 0 aliphatic heterocycles. The fourth-order valence-electron chi connectivity index (χ4n) is 2.65. The molecule has 0 unspecified atom stereocenters.